The summed E-state index contributed by atoms with van der Waals surface area (Å²) in [6, 6.07) is 7.15. The number of halogens is 1. The van der Waals surface area contributed by atoms with Crippen molar-refractivity contribution in [1.82, 2.24) is 10.2 Å². The molecule has 2 unspecified atom stereocenters. The molecule has 1 saturated heterocycles. The molecule has 1 aromatic carbocycles. The molecule has 1 aromatic rings. The zero-order valence-electron chi connectivity index (χ0n) is 13.5. The molecule has 3 rings (SSSR count). The Balaban J connectivity index is 1.78. The van der Waals surface area contributed by atoms with Gasteiger partial charge in [-0.05, 0) is 56.2 Å². The topological polar surface area (TPSA) is 15.3 Å². The van der Waals surface area contributed by atoms with Crippen molar-refractivity contribution in [3.05, 3.63) is 34.3 Å². The fourth-order valence-electron chi connectivity index (χ4n) is 3.46. The monoisotopic (exact) mass is 306 g/mol. The third-order valence-electron chi connectivity index (χ3n) is 5.29. The predicted octanol–water partition coefficient (Wildman–Crippen LogP) is 4.00. The van der Waals surface area contributed by atoms with E-state index in [-0.39, 0.29) is 5.54 Å². The second-order valence-corrected chi connectivity index (χ2v) is 7.61. The summed E-state index contributed by atoms with van der Waals surface area (Å²) < 4.78 is 0. The molecule has 2 nitrogen and oxygen atoms in total. The molecular formula is C18H27ClN2. The zero-order valence-corrected chi connectivity index (χ0v) is 14.2. The average Bonchev–Trinajstić information content (AvgIpc) is 3.27. The molecule has 0 aromatic heterocycles. The number of piperazine rings is 1. The fraction of sp³-hybridized carbons (Fsp3) is 0.667. The van der Waals surface area contributed by atoms with Crippen molar-refractivity contribution < 1.29 is 0 Å². The third-order valence-corrected chi connectivity index (χ3v) is 5.64. The van der Waals surface area contributed by atoms with Gasteiger partial charge in [-0.15, -0.1) is 0 Å². The highest BCUT2D eigenvalue weighted by atomic mass is 35.5. The van der Waals surface area contributed by atoms with E-state index in [0.29, 0.717) is 6.04 Å². The minimum Gasteiger partial charge on any atom is -0.309 e. The number of benzene rings is 1. The maximum Gasteiger partial charge on any atom is 0.0453 e. The first kappa shape index (κ1) is 15.3. The highest BCUT2D eigenvalue weighted by Gasteiger charge is 2.41. The SMILES string of the molecule is CCC1(C)CN(Cc2ccc(C)cc2Cl)C(C2CC2)CN1. The van der Waals surface area contributed by atoms with Crippen LogP contribution in [0.15, 0.2) is 18.2 Å². The number of rotatable bonds is 4. The molecule has 21 heavy (non-hydrogen) atoms. The maximum absolute atomic E-state index is 6.45. The lowest BCUT2D eigenvalue weighted by Gasteiger charge is -2.46. The molecule has 1 heterocycles. The molecule has 0 bridgehead atoms. The van der Waals surface area contributed by atoms with E-state index in [1.165, 1.54) is 30.4 Å². The Hall–Kier alpha value is -0.570. The molecule has 3 heteroatoms. The molecule has 2 aliphatic rings. The second kappa shape index (κ2) is 5.91. The molecule has 1 aliphatic carbocycles. The number of hydrogen-bond donors (Lipinski definition) is 1. The standard InChI is InChI=1S/C18H27ClN2/c1-4-18(3)12-21(17(10-20-18)14-7-8-14)11-15-6-5-13(2)9-16(15)19/h5-6,9,14,17,20H,4,7-8,10-12H2,1-3H3. The van der Waals surface area contributed by atoms with E-state index < -0.39 is 0 Å². The van der Waals surface area contributed by atoms with E-state index in [1.807, 2.05) is 0 Å². The van der Waals surface area contributed by atoms with Gasteiger partial charge in [0.15, 0.2) is 0 Å². The van der Waals surface area contributed by atoms with Crippen LogP contribution in [0, 0.1) is 12.8 Å². The van der Waals surface area contributed by atoms with E-state index in [0.717, 1.165) is 30.6 Å². The molecule has 0 amide bonds. The van der Waals surface area contributed by atoms with Crippen molar-refractivity contribution in [1.29, 1.82) is 0 Å². The van der Waals surface area contributed by atoms with Crippen LogP contribution in [0.4, 0.5) is 0 Å². The van der Waals surface area contributed by atoms with Gasteiger partial charge in [0.1, 0.15) is 0 Å². The highest BCUT2D eigenvalue weighted by Crippen LogP contribution is 2.38. The first-order valence-corrected chi connectivity index (χ1v) is 8.63. The molecule has 1 aliphatic heterocycles. The summed E-state index contributed by atoms with van der Waals surface area (Å²) in [5.74, 6) is 0.892. The van der Waals surface area contributed by atoms with Crippen LogP contribution in [0.5, 0.6) is 0 Å². The Bertz CT molecular complexity index is 512. The Morgan fingerprint density at radius 1 is 1.38 bits per heavy atom. The predicted molar refractivity (Wildman–Crippen MR) is 89.8 cm³/mol. The lowest BCUT2D eigenvalue weighted by Crippen LogP contribution is -2.62. The smallest absolute Gasteiger partial charge is 0.0453 e. The summed E-state index contributed by atoms with van der Waals surface area (Å²) in [6.45, 7) is 9.95. The van der Waals surface area contributed by atoms with E-state index >= 15 is 0 Å². The van der Waals surface area contributed by atoms with Crippen LogP contribution in [-0.4, -0.2) is 29.6 Å². The number of hydrogen-bond acceptors (Lipinski definition) is 2. The lowest BCUT2D eigenvalue weighted by molar-refractivity contribution is 0.0662. The van der Waals surface area contributed by atoms with Crippen molar-refractivity contribution in [3.8, 4) is 0 Å². The van der Waals surface area contributed by atoms with Gasteiger partial charge in [-0.25, -0.2) is 0 Å². The minimum absolute atomic E-state index is 0.239. The Morgan fingerprint density at radius 2 is 2.14 bits per heavy atom. The Morgan fingerprint density at radius 3 is 2.76 bits per heavy atom. The summed E-state index contributed by atoms with van der Waals surface area (Å²) in [4.78, 5) is 2.67. The van der Waals surface area contributed by atoms with Crippen molar-refractivity contribution in [3.63, 3.8) is 0 Å². The average molecular weight is 307 g/mol. The number of nitrogens with one attached hydrogen (secondary N) is 1. The van der Waals surface area contributed by atoms with Crippen molar-refractivity contribution in [2.75, 3.05) is 13.1 Å². The van der Waals surface area contributed by atoms with Gasteiger partial charge in [0.25, 0.3) is 0 Å². The van der Waals surface area contributed by atoms with Gasteiger partial charge in [-0.3, -0.25) is 4.90 Å². The van der Waals surface area contributed by atoms with Crippen molar-refractivity contribution in [2.24, 2.45) is 5.92 Å². The van der Waals surface area contributed by atoms with Crippen LogP contribution in [-0.2, 0) is 6.54 Å². The zero-order chi connectivity index (χ0) is 15.0. The van der Waals surface area contributed by atoms with Crippen molar-refractivity contribution >= 4 is 11.6 Å². The van der Waals surface area contributed by atoms with Crippen LogP contribution in [0.1, 0.15) is 44.2 Å². The Labute approximate surface area is 133 Å². The lowest BCUT2D eigenvalue weighted by atomic mass is 9.91. The minimum atomic E-state index is 0.239. The van der Waals surface area contributed by atoms with Crippen LogP contribution in [0.3, 0.4) is 0 Å². The first-order chi connectivity index (χ1) is 10.0. The van der Waals surface area contributed by atoms with E-state index in [9.17, 15) is 0 Å². The molecular weight excluding hydrogens is 280 g/mol. The molecule has 0 spiro atoms. The van der Waals surface area contributed by atoms with E-state index in [1.54, 1.807) is 0 Å². The second-order valence-electron chi connectivity index (χ2n) is 7.20. The molecule has 1 N–H and O–H groups in total. The molecule has 0 radical (unpaired) electrons. The third kappa shape index (κ3) is 3.44. The molecule has 2 fully saturated rings. The Kier molecular flexibility index (Phi) is 4.31. The number of nitrogens with zero attached hydrogens (tertiary/aromatic N) is 1. The quantitative estimate of drug-likeness (QED) is 0.904. The van der Waals surface area contributed by atoms with Crippen LogP contribution >= 0.6 is 11.6 Å². The van der Waals surface area contributed by atoms with Crippen LogP contribution in [0.2, 0.25) is 5.02 Å². The normalized spacial score (nSPS) is 30.6. The maximum atomic E-state index is 6.45. The van der Waals surface area contributed by atoms with Gasteiger partial charge in [0, 0.05) is 36.2 Å². The largest absolute Gasteiger partial charge is 0.309 e. The first-order valence-electron chi connectivity index (χ1n) is 8.25. The summed E-state index contributed by atoms with van der Waals surface area (Å²) in [7, 11) is 0. The number of aryl methyl sites for hydroxylation is 1. The van der Waals surface area contributed by atoms with E-state index in [4.69, 9.17) is 11.6 Å². The summed E-state index contributed by atoms with van der Waals surface area (Å²) in [5.41, 5.74) is 2.75. The van der Waals surface area contributed by atoms with Gasteiger partial charge in [-0.2, -0.15) is 0 Å². The highest BCUT2D eigenvalue weighted by molar-refractivity contribution is 6.31. The fourth-order valence-corrected chi connectivity index (χ4v) is 3.75. The van der Waals surface area contributed by atoms with Gasteiger partial charge in [-0.1, -0.05) is 30.7 Å². The van der Waals surface area contributed by atoms with Gasteiger partial charge >= 0.3 is 0 Å². The summed E-state index contributed by atoms with van der Waals surface area (Å²) >= 11 is 6.45. The summed E-state index contributed by atoms with van der Waals surface area (Å²) in [6.07, 6.45) is 3.96. The van der Waals surface area contributed by atoms with Gasteiger partial charge < -0.3 is 5.32 Å². The molecule has 1 saturated carbocycles. The molecule has 2 atom stereocenters. The van der Waals surface area contributed by atoms with E-state index in [2.05, 4.69) is 49.2 Å². The van der Waals surface area contributed by atoms with Gasteiger partial charge in [0.05, 0.1) is 0 Å². The van der Waals surface area contributed by atoms with Crippen LogP contribution < -0.4 is 5.32 Å². The van der Waals surface area contributed by atoms with Crippen LogP contribution in [0.25, 0.3) is 0 Å². The summed E-state index contributed by atoms with van der Waals surface area (Å²) in [5, 5.41) is 4.70. The van der Waals surface area contributed by atoms with Crippen molar-refractivity contribution in [2.45, 2.75) is 58.2 Å². The molecule has 116 valence electrons. The van der Waals surface area contributed by atoms with Gasteiger partial charge in [0.2, 0.25) is 0 Å².